The predicted molar refractivity (Wildman–Crippen MR) is 80.7 cm³/mol. The highest BCUT2D eigenvalue weighted by Gasteiger charge is 2.20. The van der Waals surface area contributed by atoms with Gasteiger partial charge in [0.15, 0.2) is 5.82 Å². The highest BCUT2D eigenvalue weighted by Crippen LogP contribution is 2.25. The van der Waals surface area contributed by atoms with Gasteiger partial charge in [-0.3, -0.25) is 4.79 Å². The predicted octanol–water partition coefficient (Wildman–Crippen LogP) is 1.56. The number of nitrogens with one attached hydrogen (secondary N) is 2. The summed E-state index contributed by atoms with van der Waals surface area (Å²) in [7, 11) is 1.88. The van der Waals surface area contributed by atoms with E-state index in [-0.39, 0.29) is 5.91 Å². The van der Waals surface area contributed by atoms with Crippen LogP contribution in [0.25, 0.3) is 11.4 Å². The molecule has 2 aromatic rings. The normalized spacial score (nSPS) is 14.1. The summed E-state index contributed by atoms with van der Waals surface area (Å²) in [6.07, 6.45) is 4.59. The number of aryl methyl sites for hydroxylation is 1. The topological polar surface area (TPSA) is 71.8 Å². The van der Waals surface area contributed by atoms with Crippen LogP contribution >= 0.6 is 0 Å². The summed E-state index contributed by atoms with van der Waals surface area (Å²) in [6, 6.07) is 8.27. The molecule has 1 aromatic heterocycles. The maximum Gasteiger partial charge on any atom is 0.225 e. The maximum absolute atomic E-state index is 12.0. The lowest BCUT2D eigenvalue weighted by atomic mass is 10.1. The molecule has 1 aromatic carbocycles. The van der Waals surface area contributed by atoms with E-state index in [2.05, 4.69) is 20.8 Å². The first kappa shape index (κ1) is 13.8. The fraction of sp³-hybridized carbons (Fsp3) is 0.400. The summed E-state index contributed by atoms with van der Waals surface area (Å²) >= 11 is 0. The highest BCUT2D eigenvalue weighted by molar-refractivity contribution is 5.94. The quantitative estimate of drug-likeness (QED) is 0.845. The monoisotopic (exact) mass is 285 g/mol. The van der Waals surface area contributed by atoms with Gasteiger partial charge in [0.05, 0.1) is 5.69 Å². The Balaban J connectivity index is 1.67. The van der Waals surface area contributed by atoms with Crippen LogP contribution in [0, 0.1) is 0 Å². The number of amides is 1. The molecule has 6 nitrogen and oxygen atoms in total. The Morgan fingerprint density at radius 2 is 2.19 bits per heavy atom. The zero-order chi connectivity index (χ0) is 14.7. The van der Waals surface area contributed by atoms with Gasteiger partial charge in [-0.1, -0.05) is 12.1 Å². The Bertz CT molecular complexity index is 632. The first-order valence-corrected chi connectivity index (χ1v) is 7.20. The number of rotatable bonds is 6. The molecule has 1 saturated carbocycles. The molecule has 0 spiro atoms. The van der Waals surface area contributed by atoms with Gasteiger partial charge < -0.3 is 15.2 Å². The lowest BCUT2D eigenvalue weighted by Gasteiger charge is -2.10. The van der Waals surface area contributed by atoms with Crippen molar-refractivity contribution < 1.29 is 4.79 Å². The average Bonchev–Trinajstić information content (AvgIpc) is 3.20. The van der Waals surface area contributed by atoms with Crippen LogP contribution in [0.3, 0.4) is 0 Å². The van der Waals surface area contributed by atoms with E-state index in [1.807, 2.05) is 35.9 Å². The number of hydrogen-bond donors (Lipinski definition) is 2. The van der Waals surface area contributed by atoms with Gasteiger partial charge in [0, 0.05) is 31.6 Å². The Morgan fingerprint density at radius 3 is 2.90 bits per heavy atom. The minimum Gasteiger partial charge on any atom is -0.325 e. The molecule has 3 rings (SSSR count). The van der Waals surface area contributed by atoms with E-state index in [4.69, 9.17) is 0 Å². The summed E-state index contributed by atoms with van der Waals surface area (Å²) < 4.78 is 1.83. The van der Waals surface area contributed by atoms with Gasteiger partial charge in [0.25, 0.3) is 0 Å². The molecule has 1 amide bonds. The molecule has 0 atom stereocenters. The van der Waals surface area contributed by atoms with Gasteiger partial charge in [0.1, 0.15) is 6.33 Å². The molecule has 1 fully saturated rings. The molecule has 0 bridgehead atoms. The second-order valence-electron chi connectivity index (χ2n) is 5.34. The number of anilines is 1. The van der Waals surface area contributed by atoms with E-state index < -0.39 is 0 Å². The van der Waals surface area contributed by atoms with E-state index in [0.29, 0.717) is 12.5 Å². The minimum atomic E-state index is 0.0118. The largest absolute Gasteiger partial charge is 0.325 e. The van der Waals surface area contributed by atoms with Crippen molar-refractivity contribution in [3.8, 4) is 11.4 Å². The van der Waals surface area contributed by atoms with Gasteiger partial charge in [-0.05, 0) is 25.0 Å². The number of carbonyl (C=O) groups is 1. The molecule has 110 valence electrons. The molecule has 0 radical (unpaired) electrons. The molecule has 0 saturated heterocycles. The number of hydrogen-bond acceptors (Lipinski definition) is 4. The maximum atomic E-state index is 12.0. The SMILES string of the molecule is Cn1cnnc1-c1ccccc1NC(=O)CCNC1CC1. The van der Waals surface area contributed by atoms with E-state index in [0.717, 1.165) is 23.6 Å². The molecule has 2 N–H and O–H groups in total. The molecule has 6 heteroatoms. The number of aromatic nitrogens is 3. The Morgan fingerprint density at radius 1 is 1.38 bits per heavy atom. The number of benzene rings is 1. The molecule has 1 aliphatic rings. The minimum absolute atomic E-state index is 0.0118. The second kappa shape index (κ2) is 6.05. The van der Waals surface area contributed by atoms with Crippen molar-refractivity contribution in [2.24, 2.45) is 7.05 Å². The zero-order valence-electron chi connectivity index (χ0n) is 12.0. The molecule has 21 heavy (non-hydrogen) atoms. The third-order valence-corrected chi connectivity index (χ3v) is 3.52. The van der Waals surface area contributed by atoms with Crippen LogP contribution in [0.2, 0.25) is 0 Å². The molecular weight excluding hydrogens is 266 g/mol. The number of para-hydroxylation sites is 1. The van der Waals surface area contributed by atoms with E-state index in [1.165, 1.54) is 12.8 Å². The summed E-state index contributed by atoms with van der Waals surface area (Å²) in [5, 5.41) is 14.3. The first-order chi connectivity index (χ1) is 10.2. The fourth-order valence-corrected chi connectivity index (χ4v) is 2.20. The lowest BCUT2D eigenvalue weighted by Crippen LogP contribution is -2.23. The Kier molecular flexibility index (Phi) is 3.96. The second-order valence-corrected chi connectivity index (χ2v) is 5.34. The van der Waals surface area contributed by atoms with Crippen LogP contribution in [-0.4, -0.2) is 33.3 Å². The van der Waals surface area contributed by atoms with Crippen molar-refractivity contribution in [3.63, 3.8) is 0 Å². The summed E-state index contributed by atoms with van der Waals surface area (Å²) in [6.45, 7) is 0.725. The standard InChI is InChI=1S/C15H19N5O/c1-20-10-17-19-15(20)12-4-2-3-5-13(12)18-14(21)8-9-16-11-6-7-11/h2-5,10-11,16H,6-9H2,1H3,(H,18,21). The third kappa shape index (κ3) is 3.46. The number of carbonyl (C=O) groups excluding carboxylic acids is 1. The zero-order valence-corrected chi connectivity index (χ0v) is 12.0. The van der Waals surface area contributed by atoms with Crippen LogP contribution < -0.4 is 10.6 Å². The van der Waals surface area contributed by atoms with Gasteiger partial charge in [-0.2, -0.15) is 0 Å². The average molecular weight is 285 g/mol. The first-order valence-electron chi connectivity index (χ1n) is 7.20. The van der Waals surface area contributed by atoms with Crippen LogP contribution in [0.4, 0.5) is 5.69 Å². The van der Waals surface area contributed by atoms with Crippen molar-refractivity contribution in [2.75, 3.05) is 11.9 Å². The lowest BCUT2D eigenvalue weighted by molar-refractivity contribution is -0.116. The van der Waals surface area contributed by atoms with Gasteiger partial charge >= 0.3 is 0 Å². The van der Waals surface area contributed by atoms with Crippen molar-refractivity contribution >= 4 is 11.6 Å². The Hall–Kier alpha value is -2.21. The summed E-state index contributed by atoms with van der Waals surface area (Å²) in [4.78, 5) is 12.0. The molecule has 0 aliphatic heterocycles. The van der Waals surface area contributed by atoms with Crippen LogP contribution in [0.1, 0.15) is 19.3 Å². The van der Waals surface area contributed by atoms with E-state index >= 15 is 0 Å². The van der Waals surface area contributed by atoms with Crippen molar-refractivity contribution in [1.82, 2.24) is 20.1 Å². The number of nitrogens with zero attached hydrogens (tertiary/aromatic N) is 3. The molecule has 1 heterocycles. The van der Waals surface area contributed by atoms with Crippen molar-refractivity contribution in [2.45, 2.75) is 25.3 Å². The molecular formula is C15H19N5O. The van der Waals surface area contributed by atoms with Crippen molar-refractivity contribution in [1.29, 1.82) is 0 Å². The van der Waals surface area contributed by atoms with Crippen LogP contribution in [-0.2, 0) is 11.8 Å². The van der Waals surface area contributed by atoms with Gasteiger partial charge in [0.2, 0.25) is 5.91 Å². The van der Waals surface area contributed by atoms with E-state index in [9.17, 15) is 4.79 Å². The highest BCUT2D eigenvalue weighted by atomic mass is 16.1. The van der Waals surface area contributed by atoms with Gasteiger partial charge in [-0.15, -0.1) is 10.2 Å². The van der Waals surface area contributed by atoms with E-state index in [1.54, 1.807) is 6.33 Å². The molecule has 0 unspecified atom stereocenters. The van der Waals surface area contributed by atoms with Gasteiger partial charge in [-0.25, -0.2) is 0 Å². The molecule has 1 aliphatic carbocycles. The fourth-order valence-electron chi connectivity index (χ4n) is 2.20. The van der Waals surface area contributed by atoms with Crippen LogP contribution in [0.15, 0.2) is 30.6 Å². The third-order valence-electron chi connectivity index (χ3n) is 3.52. The van der Waals surface area contributed by atoms with Crippen molar-refractivity contribution in [3.05, 3.63) is 30.6 Å². The smallest absolute Gasteiger partial charge is 0.225 e. The summed E-state index contributed by atoms with van der Waals surface area (Å²) in [5.74, 6) is 0.750. The van der Waals surface area contributed by atoms with Crippen LogP contribution in [0.5, 0.6) is 0 Å². The Labute approximate surface area is 123 Å². The summed E-state index contributed by atoms with van der Waals surface area (Å²) in [5.41, 5.74) is 1.64.